The molecule has 1 N–H and O–H groups in total. The Morgan fingerprint density at radius 1 is 1.15 bits per heavy atom. The van der Waals surface area contributed by atoms with Gasteiger partial charge in [0.1, 0.15) is 5.82 Å². The summed E-state index contributed by atoms with van der Waals surface area (Å²) in [5.74, 6) is 1.64. The van der Waals surface area contributed by atoms with Crippen LogP contribution in [0.3, 0.4) is 0 Å². The highest BCUT2D eigenvalue weighted by molar-refractivity contribution is 5.73. The van der Waals surface area contributed by atoms with E-state index in [9.17, 15) is 4.79 Å². The van der Waals surface area contributed by atoms with Crippen molar-refractivity contribution < 1.29 is 9.53 Å². The Morgan fingerprint density at radius 2 is 1.89 bits per heavy atom. The molecule has 1 aliphatic heterocycles. The lowest BCUT2D eigenvalue weighted by Gasteiger charge is -2.35. The number of benzene rings is 1. The first kappa shape index (κ1) is 19.1. The first-order valence-corrected chi connectivity index (χ1v) is 9.35. The summed E-state index contributed by atoms with van der Waals surface area (Å²) < 4.78 is 5.10. The van der Waals surface area contributed by atoms with Crippen LogP contribution < -0.4 is 10.2 Å². The SMILES string of the molecule is COCCCNc1nc(-c2ccccc2)cc(N2CCN(C(C)=O)CC2)n1. The number of nitrogens with one attached hydrogen (secondary N) is 1. The van der Waals surface area contributed by atoms with Crippen LogP contribution in [0, 0.1) is 0 Å². The second-order valence-corrected chi connectivity index (χ2v) is 6.57. The van der Waals surface area contributed by atoms with Crippen molar-refractivity contribution in [3.63, 3.8) is 0 Å². The van der Waals surface area contributed by atoms with E-state index < -0.39 is 0 Å². The largest absolute Gasteiger partial charge is 0.385 e. The number of piperazine rings is 1. The zero-order chi connectivity index (χ0) is 19.1. The number of carbonyl (C=O) groups excluding carboxylic acids is 1. The number of nitrogens with zero attached hydrogens (tertiary/aromatic N) is 4. The maximum atomic E-state index is 11.6. The highest BCUT2D eigenvalue weighted by Gasteiger charge is 2.20. The molecule has 144 valence electrons. The van der Waals surface area contributed by atoms with Crippen LogP contribution in [0.5, 0.6) is 0 Å². The van der Waals surface area contributed by atoms with Crippen molar-refractivity contribution in [3.8, 4) is 11.3 Å². The third-order valence-corrected chi connectivity index (χ3v) is 4.64. The van der Waals surface area contributed by atoms with Gasteiger partial charge in [0.05, 0.1) is 5.69 Å². The highest BCUT2D eigenvalue weighted by Crippen LogP contribution is 2.24. The summed E-state index contributed by atoms with van der Waals surface area (Å²) in [7, 11) is 1.70. The molecule has 0 aliphatic carbocycles. The molecular weight excluding hydrogens is 342 g/mol. The van der Waals surface area contributed by atoms with E-state index in [1.54, 1.807) is 14.0 Å². The third kappa shape index (κ3) is 5.17. The van der Waals surface area contributed by atoms with Crippen LogP contribution in [0.4, 0.5) is 11.8 Å². The van der Waals surface area contributed by atoms with E-state index in [0.29, 0.717) is 12.6 Å². The number of anilines is 2. The van der Waals surface area contributed by atoms with Gasteiger partial charge in [-0.25, -0.2) is 4.98 Å². The molecule has 2 aromatic rings. The van der Waals surface area contributed by atoms with Crippen molar-refractivity contribution in [1.82, 2.24) is 14.9 Å². The highest BCUT2D eigenvalue weighted by atomic mass is 16.5. The summed E-state index contributed by atoms with van der Waals surface area (Å²) in [4.78, 5) is 25.1. The molecule has 7 heteroatoms. The molecule has 0 saturated carbocycles. The first-order valence-electron chi connectivity index (χ1n) is 9.35. The summed E-state index contributed by atoms with van der Waals surface area (Å²) >= 11 is 0. The smallest absolute Gasteiger partial charge is 0.225 e. The van der Waals surface area contributed by atoms with E-state index in [-0.39, 0.29) is 5.91 Å². The van der Waals surface area contributed by atoms with Crippen molar-refractivity contribution in [2.75, 3.05) is 56.7 Å². The molecular formula is C20H27N5O2. The Balaban J connectivity index is 1.80. The molecule has 27 heavy (non-hydrogen) atoms. The number of ether oxygens (including phenoxy) is 1. The van der Waals surface area contributed by atoms with Crippen molar-refractivity contribution in [2.45, 2.75) is 13.3 Å². The van der Waals surface area contributed by atoms with Crippen molar-refractivity contribution in [3.05, 3.63) is 36.4 Å². The van der Waals surface area contributed by atoms with Crippen molar-refractivity contribution in [2.24, 2.45) is 0 Å². The normalized spacial score (nSPS) is 14.3. The van der Waals surface area contributed by atoms with Crippen LogP contribution in [-0.4, -0.2) is 67.2 Å². The molecule has 3 rings (SSSR count). The Morgan fingerprint density at radius 3 is 2.56 bits per heavy atom. The average molecular weight is 369 g/mol. The number of hydrogen-bond donors (Lipinski definition) is 1. The second-order valence-electron chi connectivity index (χ2n) is 6.57. The number of carbonyl (C=O) groups is 1. The summed E-state index contributed by atoms with van der Waals surface area (Å²) in [6.45, 7) is 6.06. The Labute approximate surface area is 160 Å². The minimum atomic E-state index is 0.128. The molecule has 0 radical (unpaired) electrons. The molecule has 0 atom stereocenters. The minimum absolute atomic E-state index is 0.128. The fourth-order valence-corrected chi connectivity index (χ4v) is 3.10. The van der Waals surface area contributed by atoms with E-state index >= 15 is 0 Å². The van der Waals surface area contributed by atoms with Gasteiger partial charge < -0.3 is 19.9 Å². The van der Waals surface area contributed by atoms with Crippen LogP contribution in [0.1, 0.15) is 13.3 Å². The number of aromatic nitrogens is 2. The topological polar surface area (TPSA) is 70.6 Å². The molecule has 1 aliphatic rings. The van der Waals surface area contributed by atoms with Crippen LogP contribution in [0.25, 0.3) is 11.3 Å². The zero-order valence-electron chi connectivity index (χ0n) is 16.0. The summed E-state index contributed by atoms with van der Waals surface area (Å²) in [5, 5.41) is 3.30. The van der Waals surface area contributed by atoms with Gasteiger partial charge in [-0.3, -0.25) is 4.79 Å². The minimum Gasteiger partial charge on any atom is -0.385 e. The van der Waals surface area contributed by atoms with E-state index in [4.69, 9.17) is 9.72 Å². The van der Waals surface area contributed by atoms with Crippen molar-refractivity contribution in [1.29, 1.82) is 0 Å². The maximum Gasteiger partial charge on any atom is 0.225 e. The van der Waals surface area contributed by atoms with Gasteiger partial charge in [0, 0.05) is 65.0 Å². The van der Waals surface area contributed by atoms with Crippen LogP contribution in [0.2, 0.25) is 0 Å². The van der Waals surface area contributed by atoms with Gasteiger partial charge in [0.2, 0.25) is 11.9 Å². The lowest BCUT2D eigenvalue weighted by atomic mass is 10.1. The second kappa shape index (κ2) is 9.32. The molecule has 1 aromatic heterocycles. The van der Waals surface area contributed by atoms with E-state index in [1.165, 1.54) is 0 Å². The van der Waals surface area contributed by atoms with Crippen LogP contribution >= 0.6 is 0 Å². The van der Waals surface area contributed by atoms with Gasteiger partial charge >= 0.3 is 0 Å². The van der Waals surface area contributed by atoms with Gasteiger partial charge in [-0.15, -0.1) is 0 Å². The Bertz CT molecular complexity index is 745. The number of methoxy groups -OCH3 is 1. The Kier molecular flexibility index (Phi) is 6.59. The maximum absolute atomic E-state index is 11.6. The standard InChI is InChI=1S/C20H27N5O2/c1-16(26)24-10-12-25(13-11-24)19-15-18(17-7-4-3-5-8-17)22-20(23-19)21-9-6-14-27-2/h3-5,7-8,15H,6,9-14H2,1-2H3,(H,21,22,23). The molecule has 1 saturated heterocycles. The third-order valence-electron chi connectivity index (χ3n) is 4.64. The van der Waals surface area contributed by atoms with Gasteiger partial charge in [0.15, 0.2) is 0 Å². The van der Waals surface area contributed by atoms with E-state index in [0.717, 1.165) is 56.2 Å². The summed E-state index contributed by atoms with van der Waals surface area (Å²) in [5.41, 5.74) is 1.95. The van der Waals surface area contributed by atoms with Gasteiger partial charge in [-0.05, 0) is 6.42 Å². The fraction of sp³-hybridized carbons (Fsp3) is 0.450. The van der Waals surface area contributed by atoms with Crippen molar-refractivity contribution >= 4 is 17.7 Å². The van der Waals surface area contributed by atoms with Crippen LogP contribution in [-0.2, 0) is 9.53 Å². The van der Waals surface area contributed by atoms with Gasteiger partial charge in [-0.1, -0.05) is 30.3 Å². The predicted octanol–water partition coefficient (Wildman–Crippen LogP) is 2.26. The molecule has 0 unspecified atom stereocenters. The average Bonchev–Trinajstić information content (AvgIpc) is 2.72. The lowest BCUT2D eigenvalue weighted by Crippen LogP contribution is -2.48. The monoisotopic (exact) mass is 369 g/mol. The molecule has 0 bridgehead atoms. The fourth-order valence-electron chi connectivity index (χ4n) is 3.10. The molecule has 7 nitrogen and oxygen atoms in total. The quantitative estimate of drug-likeness (QED) is 0.755. The van der Waals surface area contributed by atoms with E-state index in [2.05, 4.69) is 27.3 Å². The number of amides is 1. The van der Waals surface area contributed by atoms with Gasteiger partial charge in [-0.2, -0.15) is 4.98 Å². The first-order chi connectivity index (χ1) is 13.2. The van der Waals surface area contributed by atoms with E-state index in [1.807, 2.05) is 29.2 Å². The number of rotatable bonds is 7. The van der Waals surface area contributed by atoms with Crippen LogP contribution in [0.15, 0.2) is 36.4 Å². The predicted molar refractivity (Wildman–Crippen MR) is 107 cm³/mol. The molecule has 0 spiro atoms. The van der Waals surface area contributed by atoms with Gasteiger partial charge in [0.25, 0.3) is 0 Å². The molecule has 2 heterocycles. The summed E-state index contributed by atoms with van der Waals surface area (Å²) in [6.07, 6.45) is 0.891. The number of hydrogen-bond acceptors (Lipinski definition) is 6. The molecule has 1 fully saturated rings. The lowest BCUT2D eigenvalue weighted by molar-refractivity contribution is -0.129. The summed E-state index contributed by atoms with van der Waals surface area (Å²) in [6, 6.07) is 12.1. The molecule has 1 aromatic carbocycles. The zero-order valence-corrected chi connectivity index (χ0v) is 16.0. The Hall–Kier alpha value is -2.67. The molecule has 1 amide bonds.